The highest BCUT2D eigenvalue weighted by Gasteiger charge is 2.17. The van der Waals surface area contributed by atoms with Gasteiger partial charge in [-0.2, -0.15) is 0 Å². The molecule has 6 nitrogen and oxygen atoms in total. The third kappa shape index (κ3) is 3.77. The van der Waals surface area contributed by atoms with Gasteiger partial charge in [0, 0.05) is 27.5 Å². The van der Waals surface area contributed by atoms with E-state index < -0.39 is 0 Å². The highest BCUT2D eigenvalue weighted by atomic mass is 16.1. The van der Waals surface area contributed by atoms with Crippen molar-refractivity contribution in [2.24, 2.45) is 0 Å². The van der Waals surface area contributed by atoms with E-state index >= 15 is 0 Å². The van der Waals surface area contributed by atoms with Gasteiger partial charge >= 0.3 is 0 Å². The number of para-hydroxylation sites is 1. The normalized spacial score (nSPS) is 11.5. The minimum atomic E-state index is -0.107. The first kappa shape index (κ1) is 23.2. The van der Waals surface area contributed by atoms with E-state index in [0.717, 1.165) is 38.4 Å². The summed E-state index contributed by atoms with van der Waals surface area (Å²) in [6.45, 7) is 0. The van der Waals surface area contributed by atoms with Crippen molar-refractivity contribution in [2.75, 3.05) is 0 Å². The van der Waals surface area contributed by atoms with Crippen molar-refractivity contribution >= 4 is 38.2 Å². The van der Waals surface area contributed by atoms with Gasteiger partial charge in [0.05, 0.1) is 16.4 Å². The third-order valence-electron chi connectivity index (χ3n) is 7.43. The molecule has 0 fully saturated rings. The molecule has 6 heteroatoms. The summed E-state index contributed by atoms with van der Waals surface area (Å²) in [5.74, 6) is 1.70. The summed E-state index contributed by atoms with van der Waals surface area (Å²) < 4.78 is 1.72. The molecule has 3 aromatic heterocycles. The zero-order valence-corrected chi connectivity index (χ0v) is 21.8. The summed E-state index contributed by atoms with van der Waals surface area (Å²) >= 11 is 0. The fourth-order valence-corrected chi connectivity index (χ4v) is 5.47. The lowest BCUT2D eigenvalue weighted by Gasteiger charge is -2.13. The van der Waals surface area contributed by atoms with Crippen molar-refractivity contribution in [1.29, 1.82) is 0 Å². The number of hydrogen-bond acceptors (Lipinski definition) is 5. The van der Waals surface area contributed by atoms with Crippen LogP contribution in [-0.4, -0.2) is 24.3 Å². The summed E-state index contributed by atoms with van der Waals surface area (Å²) in [7, 11) is 0. The van der Waals surface area contributed by atoms with Gasteiger partial charge in [0.2, 0.25) is 0 Å². The van der Waals surface area contributed by atoms with Crippen LogP contribution < -0.4 is 5.56 Å². The molecule has 0 saturated carbocycles. The van der Waals surface area contributed by atoms with Crippen LogP contribution in [-0.2, 0) is 0 Å². The fraction of sp³-hybridized carbons (Fsp3) is 0. The molecule has 0 aliphatic heterocycles. The average molecular weight is 528 g/mol. The number of benzene rings is 5. The van der Waals surface area contributed by atoms with Gasteiger partial charge in [0.1, 0.15) is 5.65 Å². The molecular weight excluding hydrogens is 506 g/mol. The maximum atomic E-state index is 14.0. The Bertz CT molecular complexity index is 2270. The quantitative estimate of drug-likeness (QED) is 0.178. The van der Waals surface area contributed by atoms with Crippen LogP contribution in [0.15, 0.2) is 132 Å². The van der Waals surface area contributed by atoms with Gasteiger partial charge in [0.25, 0.3) is 5.56 Å². The van der Waals surface area contributed by atoms with Crippen LogP contribution in [0.3, 0.4) is 0 Å². The smallest absolute Gasteiger partial charge is 0.266 e. The molecule has 0 N–H and O–H groups in total. The Hall–Kier alpha value is -5.75. The average Bonchev–Trinajstić information content (AvgIpc) is 3.05. The molecule has 0 amide bonds. The second-order valence-corrected chi connectivity index (χ2v) is 9.91. The number of nitrogens with zero attached hydrogens (tertiary/aromatic N) is 5. The van der Waals surface area contributed by atoms with Crippen LogP contribution in [0.25, 0.3) is 72.4 Å². The second-order valence-electron chi connectivity index (χ2n) is 9.91. The predicted molar refractivity (Wildman–Crippen MR) is 164 cm³/mol. The number of hydrogen-bond donors (Lipinski definition) is 0. The molecule has 0 aliphatic carbocycles. The molecule has 192 valence electrons. The monoisotopic (exact) mass is 527 g/mol. The van der Waals surface area contributed by atoms with Gasteiger partial charge in [-0.1, -0.05) is 109 Å². The van der Waals surface area contributed by atoms with Crippen molar-refractivity contribution in [3.63, 3.8) is 0 Å². The fourth-order valence-electron chi connectivity index (χ4n) is 5.47. The van der Waals surface area contributed by atoms with Gasteiger partial charge in [-0.3, -0.25) is 9.20 Å². The van der Waals surface area contributed by atoms with Crippen LogP contribution in [0.4, 0.5) is 0 Å². The number of aromatic nitrogens is 5. The van der Waals surface area contributed by atoms with Crippen LogP contribution >= 0.6 is 0 Å². The molecule has 8 rings (SSSR count). The van der Waals surface area contributed by atoms with Crippen LogP contribution in [0.2, 0.25) is 0 Å². The summed E-state index contributed by atoms with van der Waals surface area (Å²) in [6.07, 6.45) is 0. The molecule has 3 heterocycles. The van der Waals surface area contributed by atoms with Crippen LogP contribution in [0.5, 0.6) is 0 Å². The molecule has 41 heavy (non-hydrogen) atoms. The molecule has 0 radical (unpaired) electrons. The molecule has 0 spiro atoms. The van der Waals surface area contributed by atoms with Crippen molar-refractivity contribution in [3.05, 3.63) is 138 Å². The van der Waals surface area contributed by atoms with E-state index in [9.17, 15) is 4.79 Å². The van der Waals surface area contributed by atoms with Crippen molar-refractivity contribution in [1.82, 2.24) is 24.3 Å². The summed E-state index contributed by atoms with van der Waals surface area (Å²) in [4.78, 5) is 33.5. The molecule has 0 bridgehead atoms. The minimum Gasteiger partial charge on any atom is -0.268 e. The van der Waals surface area contributed by atoms with E-state index in [4.69, 9.17) is 19.9 Å². The zero-order chi connectivity index (χ0) is 27.3. The van der Waals surface area contributed by atoms with Gasteiger partial charge in [0.15, 0.2) is 17.5 Å². The maximum Gasteiger partial charge on any atom is 0.266 e. The Morgan fingerprint density at radius 3 is 1.63 bits per heavy atom. The lowest BCUT2D eigenvalue weighted by atomic mass is 10.0. The molecule has 5 aromatic carbocycles. The predicted octanol–water partition coefficient (Wildman–Crippen LogP) is 7.34. The molecule has 0 unspecified atom stereocenters. The van der Waals surface area contributed by atoms with Crippen molar-refractivity contribution < 1.29 is 0 Å². The molecular formula is C35H21N5O. The first-order valence-corrected chi connectivity index (χ1v) is 13.4. The summed E-state index contributed by atoms with van der Waals surface area (Å²) in [6, 6.07) is 41.4. The van der Waals surface area contributed by atoms with Gasteiger partial charge in [-0.15, -0.1) is 0 Å². The highest BCUT2D eigenvalue weighted by molar-refractivity contribution is 6.12. The third-order valence-corrected chi connectivity index (χ3v) is 7.43. The molecule has 8 aromatic rings. The Balaban J connectivity index is 1.46. The number of rotatable bonds is 3. The van der Waals surface area contributed by atoms with Gasteiger partial charge in [-0.25, -0.2) is 19.9 Å². The highest BCUT2D eigenvalue weighted by Crippen LogP contribution is 2.32. The standard InChI is InChI=1S/C35H21N5O/c41-35-28-17-9-10-18-29(28)36-34-27-16-8-7-15-25(27)26-20-19-24(21-30(26)40(34)35)33-38-31(22-11-3-1-4-12-22)37-32(39-33)23-13-5-2-6-14-23/h1-21H. The van der Waals surface area contributed by atoms with E-state index in [-0.39, 0.29) is 5.56 Å². The topological polar surface area (TPSA) is 73.0 Å². The zero-order valence-electron chi connectivity index (χ0n) is 21.8. The number of pyridine rings is 1. The summed E-state index contributed by atoms with van der Waals surface area (Å²) in [5, 5.41) is 3.48. The first-order chi connectivity index (χ1) is 20.2. The van der Waals surface area contributed by atoms with E-state index in [0.29, 0.717) is 34.0 Å². The minimum absolute atomic E-state index is 0.107. The molecule has 0 aliphatic rings. The maximum absolute atomic E-state index is 14.0. The Labute approximate surface area is 234 Å². The van der Waals surface area contributed by atoms with Gasteiger partial charge < -0.3 is 0 Å². The van der Waals surface area contributed by atoms with Crippen molar-refractivity contribution in [2.45, 2.75) is 0 Å². The van der Waals surface area contributed by atoms with Crippen LogP contribution in [0.1, 0.15) is 0 Å². The lowest BCUT2D eigenvalue weighted by molar-refractivity contribution is 1.07. The van der Waals surface area contributed by atoms with Crippen LogP contribution in [0, 0.1) is 0 Å². The lowest BCUT2D eigenvalue weighted by Crippen LogP contribution is -2.16. The van der Waals surface area contributed by atoms with E-state index in [1.54, 1.807) is 4.40 Å². The molecule has 0 saturated heterocycles. The second kappa shape index (κ2) is 9.17. The van der Waals surface area contributed by atoms with Gasteiger partial charge in [-0.05, 0) is 23.6 Å². The summed E-state index contributed by atoms with van der Waals surface area (Å²) in [5.41, 5.74) is 4.53. The SMILES string of the molecule is O=c1c2ccccc2nc2c3ccccc3c3ccc(-c4nc(-c5ccccc5)nc(-c5ccccc5)n4)cc3n12. The first-order valence-electron chi connectivity index (χ1n) is 13.4. The van der Waals surface area contributed by atoms with E-state index in [2.05, 4.69) is 6.07 Å². The Kier molecular flexibility index (Phi) is 5.18. The van der Waals surface area contributed by atoms with Crippen molar-refractivity contribution in [3.8, 4) is 34.2 Å². The number of fused-ring (bicyclic) bond motifs is 7. The van der Waals surface area contributed by atoms with E-state index in [1.807, 2.05) is 121 Å². The largest absolute Gasteiger partial charge is 0.268 e. The Morgan fingerprint density at radius 1 is 0.439 bits per heavy atom. The molecule has 0 atom stereocenters. The van der Waals surface area contributed by atoms with E-state index in [1.165, 1.54) is 0 Å². The Morgan fingerprint density at radius 2 is 0.976 bits per heavy atom.